The Hall–Kier alpha value is -4.60. The average molecular weight is 550 g/mol. The molecule has 0 unspecified atom stereocenters. The van der Waals surface area contributed by atoms with Crippen LogP contribution in [0.15, 0.2) is 91.3 Å². The number of alkyl halides is 3. The Kier molecular flexibility index (Phi) is 8.14. The minimum absolute atomic E-state index is 0.000861. The van der Waals surface area contributed by atoms with Crippen LogP contribution in [-0.4, -0.2) is 40.2 Å². The van der Waals surface area contributed by atoms with Gasteiger partial charge in [-0.1, -0.05) is 18.2 Å². The predicted octanol–water partition coefficient (Wildman–Crippen LogP) is 6.92. The van der Waals surface area contributed by atoms with Crippen molar-refractivity contribution >= 4 is 6.09 Å². The lowest BCUT2D eigenvalue weighted by Crippen LogP contribution is -2.43. The highest BCUT2D eigenvalue weighted by molar-refractivity contribution is 5.70. The van der Waals surface area contributed by atoms with Crippen molar-refractivity contribution in [3.8, 4) is 23.1 Å². The molecule has 1 saturated heterocycles. The zero-order chi connectivity index (χ0) is 28.0. The van der Waals surface area contributed by atoms with Crippen LogP contribution >= 0.6 is 0 Å². The number of likely N-dealkylation sites (tertiary alicyclic amines) is 1. The minimum Gasteiger partial charge on any atom is -0.490 e. The summed E-state index contributed by atoms with van der Waals surface area (Å²) in [5.41, 5.74) is 1.30. The first-order chi connectivity index (χ1) is 19.3. The van der Waals surface area contributed by atoms with Gasteiger partial charge in [-0.15, -0.1) is 0 Å². The zero-order valence-electron chi connectivity index (χ0n) is 21.4. The number of hydrogen-bond acceptors (Lipinski definition) is 6. The molecule has 206 valence electrons. The molecule has 0 saturated carbocycles. The van der Waals surface area contributed by atoms with Gasteiger partial charge >= 0.3 is 12.3 Å². The lowest BCUT2D eigenvalue weighted by atomic mass is 10.1. The third kappa shape index (κ3) is 7.28. The molecule has 0 spiro atoms. The van der Waals surface area contributed by atoms with Crippen LogP contribution in [0.2, 0.25) is 0 Å². The Labute approximate surface area is 229 Å². The van der Waals surface area contributed by atoms with Gasteiger partial charge in [0, 0.05) is 56.5 Å². The second-order valence-electron chi connectivity index (χ2n) is 9.27. The molecule has 0 radical (unpaired) electrons. The summed E-state index contributed by atoms with van der Waals surface area (Å²) in [5, 5.41) is 0. The monoisotopic (exact) mass is 549 g/mol. The van der Waals surface area contributed by atoms with Crippen LogP contribution in [0, 0.1) is 0 Å². The van der Waals surface area contributed by atoms with Gasteiger partial charge in [0.2, 0.25) is 5.88 Å². The van der Waals surface area contributed by atoms with Crippen LogP contribution in [0.25, 0.3) is 0 Å². The molecule has 7 nitrogen and oxygen atoms in total. The number of aromatic nitrogens is 2. The van der Waals surface area contributed by atoms with Crippen LogP contribution in [-0.2, 0) is 12.6 Å². The van der Waals surface area contributed by atoms with E-state index < -0.39 is 17.8 Å². The van der Waals surface area contributed by atoms with Crippen LogP contribution < -0.4 is 14.2 Å². The van der Waals surface area contributed by atoms with E-state index in [1.807, 2.05) is 42.5 Å². The molecule has 2 aromatic carbocycles. The van der Waals surface area contributed by atoms with Gasteiger partial charge in [0.05, 0.1) is 5.56 Å². The zero-order valence-corrected chi connectivity index (χ0v) is 21.4. The highest BCUT2D eigenvalue weighted by Crippen LogP contribution is 2.30. The number of ether oxygens (including phenoxy) is 3. The molecule has 5 rings (SSSR count). The highest BCUT2D eigenvalue weighted by atomic mass is 19.4. The maximum Gasteiger partial charge on any atom is 0.417 e. The van der Waals surface area contributed by atoms with Crippen molar-refractivity contribution in [3.63, 3.8) is 0 Å². The van der Waals surface area contributed by atoms with E-state index >= 15 is 0 Å². The molecule has 0 N–H and O–H groups in total. The largest absolute Gasteiger partial charge is 0.490 e. The van der Waals surface area contributed by atoms with E-state index in [1.54, 1.807) is 35.4 Å². The Balaban J connectivity index is 1.06. The quantitative estimate of drug-likeness (QED) is 0.249. The first-order valence-electron chi connectivity index (χ1n) is 12.8. The van der Waals surface area contributed by atoms with Crippen molar-refractivity contribution in [2.75, 3.05) is 13.1 Å². The Morgan fingerprint density at radius 3 is 2.17 bits per heavy atom. The number of nitrogens with zero attached hydrogens (tertiary/aromatic N) is 3. The number of halogens is 3. The molecule has 40 heavy (non-hydrogen) atoms. The summed E-state index contributed by atoms with van der Waals surface area (Å²) < 4.78 is 55.1. The van der Waals surface area contributed by atoms with E-state index in [0.29, 0.717) is 43.6 Å². The van der Waals surface area contributed by atoms with Crippen molar-refractivity contribution in [1.82, 2.24) is 14.9 Å². The van der Waals surface area contributed by atoms with Crippen LogP contribution in [0.1, 0.15) is 29.7 Å². The number of amides is 1. The molecule has 10 heteroatoms. The maximum absolute atomic E-state index is 12.7. The second-order valence-corrected chi connectivity index (χ2v) is 9.27. The predicted molar refractivity (Wildman–Crippen MR) is 140 cm³/mol. The molecule has 1 aliphatic rings. The summed E-state index contributed by atoms with van der Waals surface area (Å²) in [6, 6.07) is 22.1. The maximum atomic E-state index is 12.7. The summed E-state index contributed by atoms with van der Waals surface area (Å²) in [6.45, 7) is 1.00. The molecule has 0 aliphatic carbocycles. The fraction of sp³-hybridized carbons (Fsp3) is 0.233. The van der Waals surface area contributed by atoms with Gasteiger partial charge in [0.25, 0.3) is 0 Å². The van der Waals surface area contributed by atoms with Crippen molar-refractivity contribution < 1.29 is 32.2 Å². The van der Waals surface area contributed by atoms with Crippen LogP contribution in [0.4, 0.5) is 18.0 Å². The lowest BCUT2D eigenvalue weighted by molar-refractivity contribution is -0.137. The van der Waals surface area contributed by atoms with E-state index in [2.05, 4.69) is 9.97 Å². The molecule has 1 aliphatic heterocycles. The summed E-state index contributed by atoms with van der Waals surface area (Å²) in [7, 11) is 0. The summed E-state index contributed by atoms with van der Waals surface area (Å²) >= 11 is 0. The van der Waals surface area contributed by atoms with E-state index in [1.165, 1.54) is 0 Å². The summed E-state index contributed by atoms with van der Waals surface area (Å²) in [5.74, 6) is 1.47. The summed E-state index contributed by atoms with van der Waals surface area (Å²) in [6.07, 6.45) is -0.319. The van der Waals surface area contributed by atoms with Crippen molar-refractivity contribution in [3.05, 3.63) is 108 Å². The fourth-order valence-corrected chi connectivity index (χ4v) is 4.22. The topological polar surface area (TPSA) is 73.8 Å². The highest BCUT2D eigenvalue weighted by Gasteiger charge is 2.30. The van der Waals surface area contributed by atoms with Gasteiger partial charge in [-0.3, -0.25) is 4.98 Å². The number of carbonyl (C=O) groups is 1. The van der Waals surface area contributed by atoms with E-state index in [9.17, 15) is 18.0 Å². The third-order valence-corrected chi connectivity index (χ3v) is 6.35. The van der Waals surface area contributed by atoms with E-state index in [4.69, 9.17) is 14.2 Å². The van der Waals surface area contributed by atoms with Gasteiger partial charge in [0.15, 0.2) is 0 Å². The van der Waals surface area contributed by atoms with Gasteiger partial charge < -0.3 is 19.1 Å². The normalized spacial score (nSPS) is 14.0. The number of piperidine rings is 1. The standard InChI is InChI=1S/C30H26F3N3O4/c31-30(32,33)22-6-13-28(35-20-22)39-25-9-11-26(12-10-25)40-29(37)36-17-14-27(15-18-36)38-24-7-4-21(5-8-24)19-23-3-1-2-16-34-23/h1-13,16,20,27H,14-15,17-19H2. The van der Waals surface area contributed by atoms with Gasteiger partial charge in [-0.2, -0.15) is 13.2 Å². The fourth-order valence-electron chi connectivity index (χ4n) is 4.22. The average Bonchev–Trinajstić information content (AvgIpc) is 2.96. The molecule has 2 aromatic heterocycles. The molecule has 4 aromatic rings. The number of carbonyl (C=O) groups excluding carboxylic acids is 1. The van der Waals surface area contributed by atoms with Gasteiger partial charge in [-0.05, 0) is 60.2 Å². The number of benzene rings is 2. The smallest absolute Gasteiger partial charge is 0.417 e. The van der Waals surface area contributed by atoms with Crippen LogP contribution in [0.5, 0.6) is 23.1 Å². The van der Waals surface area contributed by atoms with Gasteiger partial charge in [-0.25, -0.2) is 9.78 Å². The number of rotatable bonds is 7. The molecule has 0 atom stereocenters. The van der Waals surface area contributed by atoms with Crippen molar-refractivity contribution in [2.45, 2.75) is 31.5 Å². The number of pyridine rings is 2. The summed E-state index contributed by atoms with van der Waals surface area (Å²) in [4.78, 5) is 22.3. The van der Waals surface area contributed by atoms with Crippen molar-refractivity contribution in [2.24, 2.45) is 0 Å². The molecule has 0 bridgehead atoms. The first-order valence-corrected chi connectivity index (χ1v) is 12.8. The Morgan fingerprint density at radius 1 is 0.850 bits per heavy atom. The Morgan fingerprint density at radius 2 is 1.55 bits per heavy atom. The van der Waals surface area contributed by atoms with Crippen LogP contribution in [0.3, 0.4) is 0 Å². The first kappa shape index (κ1) is 27.0. The SMILES string of the molecule is O=C(Oc1ccc(Oc2ccc(C(F)(F)F)cn2)cc1)N1CCC(Oc2ccc(Cc3ccccn3)cc2)CC1. The van der Waals surface area contributed by atoms with E-state index in [-0.39, 0.29) is 12.0 Å². The molecule has 1 fully saturated rings. The molecular formula is C30H26F3N3O4. The molecule has 3 heterocycles. The molecular weight excluding hydrogens is 523 g/mol. The third-order valence-electron chi connectivity index (χ3n) is 6.35. The Bertz CT molecular complexity index is 1390. The second kappa shape index (κ2) is 12.1. The van der Waals surface area contributed by atoms with Gasteiger partial charge in [0.1, 0.15) is 23.4 Å². The molecule has 1 amide bonds. The number of hydrogen-bond donors (Lipinski definition) is 0. The van der Waals surface area contributed by atoms with E-state index in [0.717, 1.165) is 35.6 Å². The lowest BCUT2D eigenvalue weighted by Gasteiger charge is -2.31. The minimum atomic E-state index is -4.47. The van der Waals surface area contributed by atoms with Crippen molar-refractivity contribution in [1.29, 1.82) is 0 Å².